The van der Waals surface area contributed by atoms with Gasteiger partial charge in [-0.3, -0.25) is 4.79 Å². The SMILES string of the molecule is CS(=O)(=O)N1C[C@H]2CN(C(=O)C3CCOCC3)C[C@H]2[C@@H]1c1ccccc1. The van der Waals surface area contributed by atoms with E-state index in [0.717, 1.165) is 18.4 Å². The third kappa shape index (κ3) is 3.28. The maximum atomic E-state index is 12.9. The van der Waals surface area contributed by atoms with Crippen molar-refractivity contribution in [1.82, 2.24) is 9.21 Å². The van der Waals surface area contributed by atoms with Crippen molar-refractivity contribution in [2.75, 3.05) is 39.1 Å². The zero-order chi connectivity index (χ0) is 18.3. The van der Waals surface area contributed by atoms with Gasteiger partial charge in [-0.1, -0.05) is 30.3 Å². The number of sulfonamides is 1. The van der Waals surface area contributed by atoms with Gasteiger partial charge in [0.2, 0.25) is 15.9 Å². The molecule has 0 spiro atoms. The molecule has 1 aromatic rings. The van der Waals surface area contributed by atoms with Crippen LogP contribution in [0, 0.1) is 17.8 Å². The maximum absolute atomic E-state index is 12.9. The van der Waals surface area contributed by atoms with Gasteiger partial charge in [0, 0.05) is 44.7 Å². The summed E-state index contributed by atoms with van der Waals surface area (Å²) < 4.78 is 31.7. The van der Waals surface area contributed by atoms with Crippen LogP contribution in [0.5, 0.6) is 0 Å². The Bertz CT molecular complexity index is 761. The fraction of sp³-hybridized carbons (Fsp3) is 0.632. The molecule has 0 aliphatic carbocycles. The lowest BCUT2D eigenvalue weighted by Crippen LogP contribution is -2.40. The molecule has 142 valence electrons. The summed E-state index contributed by atoms with van der Waals surface area (Å²) in [6.07, 6.45) is 2.87. The van der Waals surface area contributed by atoms with Crippen molar-refractivity contribution < 1.29 is 17.9 Å². The Labute approximate surface area is 155 Å². The second-order valence-corrected chi connectivity index (χ2v) is 9.68. The third-order valence-corrected chi connectivity index (χ3v) is 7.30. The molecule has 0 saturated carbocycles. The topological polar surface area (TPSA) is 66.9 Å². The van der Waals surface area contributed by atoms with Crippen LogP contribution in [0.1, 0.15) is 24.4 Å². The zero-order valence-corrected chi connectivity index (χ0v) is 15.9. The number of hydrogen-bond acceptors (Lipinski definition) is 4. The van der Waals surface area contributed by atoms with E-state index in [-0.39, 0.29) is 29.7 Å². The highest BCUT2D eigenvalue weighted by Gasteiger charge is 2.51. The molecule has 0 unspecified atom stereocenters. The summed E-state index contributed by atoms with van der Waals surface area (Å²) >= 11 is 0. The molecular formula is C19H26N2O4S. The maximum Gasteiger partial charge on any atom is 0.225 e. The number of carbonyl (C=O) groups is 1. The first-order valence-electron chi connectivity index (χ1n) is 9.33. The van der Waals surface area contributed by atoms with Crippen LogP contribution in [0.4, 0.5) is 0 Å². The lowest BCUT2D eigenvalue weighted by Gasteiger charge is -2.30. The number of carbonyl (C=O) groups excluding carboxylic acids is 1. The molecule has 0 radical (unpaired) electrons. The summed E-state index contributed by atoms with van der Waals surface area (Å²) in [6, 6.07) is 9.65. The molecule has 4 rings (SSSR count). The number of ether oxygens (including phenoxy) is 1. The molecule has 3 fully saturated rings. The van der Waals surface area contributed by atoms with Crippen molar-refractivity contribution in [3.05, 3.63) is 35.9 Å². The second-order valence-electron chi connectivity index (χ2n) is 7.74. The number of benzene rings is 1. The van der Waals surface area contributed by atoms with Gasteiger partial charge in [-0.2, -0.15) is 4.31 Å². The summed E-state index contributed by atoms with van der Waals surface area (Å²) in [5.74, 6) is 0.652. The molecule has 7 heteroatoms. The summed E-state index contributed by atoms with van der Waals surface area (Å²) in [5, 5.41) is 0. The summed E-state index contributed by atoms with van der Waals surface area (Å²) in [4.78, 5) is 14.9. The lowest BCUT2D eigenvalue weighted by atomic mass is 9.90. The molecule has 3 aliphatic heterocycles. The minimum atomic E-state index is -3.29. The summed E-state index contributed by atoms with van der Waals surface area (Å²) in [5.41, 5.74) is 1.02. The Hall–Kier alpha value is -1.44. The van der Waals surface area contributed by atoms with Crippen LogP contribution in [0.3, 0.4) is 0 Å². The smallest absolute Gasteiger partial charge is 0.225 e. The van der Waals surface area contributed by atoms with Gasteiger partial charge in [-0.05, 0) is 24.3 Å². The lowest BCUT2D eigenvalue weighted by molar-refractivity contribution is -0.137. The van der Waals surface area contributed by atoms with Crippen LogP contribution in [-0.4, -0.2) is 62.6 Å². The number of hydrogen-bond donors (Lipinski definition) is 0. The first kappa shape index (κ1) is 17.9. The van der Waals surface area contributed by atoms with E-state index in [1.165, 1.54) is 6.26 Å². The van der Waals surface area contributed by atoms with Gasteiger partial charge in [0.25, 0.3) is 0 Å². The largest absolute Gasteiger partial charge is 0.381 e. The Balaban J connectivity index is 1.56. The van der Waals surface area contributed by atoms with Crippen LogP contribution in [0.15, 0.2) is 30.3 Å². The van der Waals surface area contributed by atoms with Gasteiger partial charge in [0.05, 0.1) is 12.3 Å². The zero-order valence-electron chi connectivity index (χ0n) is 15.1. The molecule has 26 heavy (non-hydrogen) atoms. The Morgan fingerprint density at radius 3 is 2.42 bits per heavy atom. The second kappa shape index (κ2) is 6.94. The minimum Gasteiger partial charge on any atom is -0.381 e. The summed E-state index contributed by atoms with van der Waals surface area (Å²) in [7, 11) is -3.29. The monoisotopic (exact) mass is 378 g/mol. The quantitative estimate of drug-likeness (QED) is 0.800. The van der Waals surface area contributed by atoms with Gasteiger partial charge in [0.1, 0.15) is 0 Å². The van der Waals surface area contributed by atoms with Crippen LogP contribution >= 0.6 is 0 Å². The molecule has 1 aromatic carbocycles. The van der Waals surface area contributed by atoms with Crippen molar-refractivity contribution in [1.29, 1.82) is 0 Å². The van der Waals surface area contributed by atoms with Crippen molar-refractivity contribution in [3.63, 3.8) is 0 Å². The molecule has 6 nitrogen and oxygen atoms in total. The average Bonchev–Trinajstić information content (AvgIpc) is 3.20. The van der Waals surface area contributed by atoms with Crippen LogP contribution in [0.25, 0.3) is 0 Å². The highest BCUT2D eigenvalue weighted by atomic mass is 32.2. The molecule has 1 amide bonds. The molecule has 0 bridgehead atoms. The normalized spacial score (nSPS) is 30.5. The minimum absolute atomic E-state index is 0.0590. The number of fused-ring (bicyclic) bond motifs is 1. The van der Waals surface area contributed by atoms with Crippen LogP contribution < -0.4 is 0 Å². The molecule has 3 atom stereocenters. The highest BCUT2D eigenvalue weighted by molar-refractivity contribution is 7.88. The molecular weight excluding hydrogens is 352 g/mol. The van der Waals surface area contributed by atoms with E-state index in [1.54, 1.807) is 4.31 Å². The van der Waals surface area contributed by atoms with E-state index in [2.05, 4.69) is 0 Å². The number of likely N-dealkylation sites (tertiary alicyclic amines) is 1. The van der Waals surface area contributed by atoms with Crippen LogP contribution in [0.2, 0.25) is 0 Å². The van der Waals surface area contributed by atoms with E-state index in [9.17, 15) is 13.2 Å². The fourth-order valence-corrected chi connectivity index (χ4v) is 5.95. The molecule has 3 heterocycles. The van der Waals surface area contributed by atoms with E-state index < -0.39 is 10.0 Å². The molecule has 0 N–H and O–H groups in total. The van der Waals surface area contributed by atoms with E-state index in [0.29, 0.717) is 32.8 Å². The number of nitrogens with zero attached hydrogens (tertiary/aromatic N) is 2. The van der Waals surface area contributed by atoms with Gasteiger partial charge in [-0.25, -0.2) is 8.42 Å². The Morgan fingerprint density at radius 1 is 1.08 bits per heavy atom. The van der Waals surface area contributed by atoms with Crippen molar-refractivity contribution in [3.8, 4) is 0 Å². The number of rotatable bonds is 3. The third-order valence-electron chi connectivity index (χ3n) is 6.07. The standard InChI is InChI=1S/C19H26N2O4S/c1-26(23,24)21-12-16-11-20(19(22)15-7-9-25-10-8-15)13-17(16)18(21)14-5-3-2-4-6-14/h2-6,15-18H,7-13H2,1H3/t16-,17-,18+/m1/s1. The van der Waals surface area contributed by atoms with Crippen molar-refractivity contribution >= 4 is 15.9 Å². The van der Waals surface area contributed by atoms with Gasteiger partial charge in [0.15, 0.2) is 0 Å². The predicted octanol–water partition coefficient (Wildman–Crippen LogP) is 1.50. The van der Waals surface area contributed by atoms with Gasteiger partial charge in [-0.15, -0.1) is 0 Å². The van der Waals surface area contributed by atoms with E-state index in [1.807, 2.05) is 35.2 Å². The van der Waals surface area contributed by atoms with Crippen LogP contribution in [-0.2, 0) is 19.6 Å². The van der Waals surface area contributed by atoms with E-state index >= 15 is 0 Å². The summed E-state index contributed by atoms with van der Waals surface area (Å²) in [6.45, 7) is 3.13. The Morgan fingerprint density at radius 2 is 1.77 bits per heavy atom. The molecule has 0 aromatic heterocycles. The average molecular weight is 378 g/mol. The Kier molecular flexibility index (Phi) is 4.79. The number of amides is 1. The first-order chi connectivity index (χ1) is 12.4. The molecule has 3 saturated heterocycles. The van der Waals surface area contributed by atoms with Crippen molar-refractivity contribution in [2.45, 2.75) is 18.9 Å². The predicted molar refractivity (Wildman–Crippen MR) is 97.8 cm³/mol. The van der Waals surface area contributed by atoms with E-state index in [4.69, 9.17) is 4.74 Å². The van der Waals surface area contributed by atoms with Gasteiger partial charge < -0.3 is 9.64 Å². The first-order valence-corrected chi connectivity index (χ1v) is 11.2. The highest BCUT2D eigenvalue weighted by Crippen LogP contribution is 2.46. The fourth-order valence-electron chi connectivity index (χ4n) is 4.79. The van der Waals surface area contributed by atoms with Gasteiger partial charge >= 0.3 is 0 Å². The molecule has 3 aliphatic rings. The van der Waals surface area contributed by atoms with Crippen molar-refractivity contribution in [2.24, 2.45) is 17.8 Å².